The van der Waals surface area contributed by atoms with Crippen LogP contribution in [0.25, 0.3) is 33.1 Å². The van der Waals surface area contributed by atoms with Crippen LogP contribution in [0.2, 0.25) is 0 Å². The highest BCUT2D eigenvalue weighted by Gasteiger charge is 2.12. The SMILES string of the molecule is Nc1nc2ccc(-c3nc(-c4ccsc4)no3)cc2s1. The lowest BCUT2D eigenvalue weighted by atomic mass is 10.2. The van der Waals surface area contributed by atoms with Crippen LogP contribution in [0.5, 0.6) is 0 Å². The summed E-state index contributed by atoms with van der Waals surface area (Å²) in [6.45, 7) is 0. The number of thiophene rings is 1. The van der Waals surface area contributed by atoms with E-state index in [0.717, 1.165) is 21.3 Å². The molecular formula is C13H8N4OS2. The molecule has 0 spiro atoms. The fraction of sp³-hybridized carbons (Fsp3) is 0. The summed E-state index contributed by atoms with van der Waals surface area (Å²) in [4.78, 5) is 8.64. The first-order valence-electron chi connectivity index (χ1n) is 5.82. The van der Waals surface area contributed by atoms with E-state index < -0.39 is 0 Å². The lowest BCUT2D eigenvalue weighted by molar-refractivity contribution is 0.432. The molecule has 3 aromatic heterocycles. The fourth-order valence-corrected chi connectivity index (χ4v) is 3.33. The normalized spacial score (nSPS) is 11.2. The van der Waals surface area contributed by atoms with Gasteiger partial charge in [-0.1, -0.05) is 16.5 Å². The number of nitrogen functional groups attached to an aromatic ring is 1. The Morgan fingerprint density at radius 3 is 2.90 bits per heavy atom. The minimum Gasteiger partial charge on any atom is -0.375 e. The molecule has 0 bridgehead atoms. The first-order valence-corrected chi connectivity index (χ1v) is 7.58. The molecule has 7 heteroatoms. The van der Waals surface area contributed by atoms with Crippen LogP contribution in [0, 0.1) is 0 Å². The van der Waals surface area contributed by atoms with Crippen LogP contribution < -0.4 is 5.73 Å². The van der Waals surface area contributed by atoms with Crippen molar-refractivity contribution in [3.63, 3.8) is 0 Å². The number of benzene rings is 1. The van der Waals surface area contributed by atoms with Gasteiger partial charge in [-0.3, -0.25) is 0 Å². The largest absolute Gasteiger partial charge is 0.375 e. The van der Waals surface area contributed by atoms with Gasteiger partial charge < -0.3 is 10.3 Å². The Labute approximate surface area is 121 Å². The zero-order valence-corrected chi connectivity index (χ0v) is 11.7. The Morgan fingerprint density at radius 2 is 2.05 bits per heavy atom. The number of aromatic nitrogens is 3. The number of thiazole rings is 1. The van der Waals surface area contributed by atoms with Gasteiger partial charge in [0.15, 0.2) is 5.13 Å². The molecule has 0 unspecified atom stereocenters. The molecule has 5 nitrogen and oxygen atoms in total. The summed E-state index contributed by atoms with van der Waals surface area (Å²) in [5.74, 6) is 1.10. The van der Waals surface area contributed by atoms with Crippen molar-refractivity contribution >= 4 is 38.0 Å². The van der Waals surface area contributed by atoms with Crippen molar-refractivity contribution in [2.24, 2.45) is 0 Å². The summed E-state index contributed by atoms with van der Waals surface area (Å²) in [6.07, 6.45) is 0. The molecule has 4 aromatic rings. The highest BCUT2D eigenvalue weighted by molar-refractivity contribution is 7.22. The predicted molar refractivity (Wildman–Crippen MR) is 80.6 cm³/mol. The number of hydrogen-bond acceptors (Lipinski definition) is 7. The maximum atomic E-state index is 5.70. The molecule has 0 aliphatic rings. The maximum Gasteiger partial charge on any atom is 0.258 e. The summed E-state index contributed by atoms with van der Waals surface area (Å²) in [6, 6.07) is 7.75. The number of rotatable bonds is 2. The third kappa shape index (κ3) is 1.87. The molecule has 3 heterocycles. The molecule has 0 saturated carbocycles. The monoisotopic (exact) mass is 300 g/mol. The Kier molecular flexibility index (Phi) is 2.54. The molecule has 0 aliphatic carbocycles. The summed E-state index contributed by atoms with van der Waals surface area (Å²) in [5.41, 5.74) is 8.42. The van der Waals surface area contributed by atoms with Gasteiger partial charge in [-0.15, -0.1) is 0 Å². The summed E-state index contributed by atoms with van der Waals surface area (Å²) >= 11 is 3.05. The molecule has 4 rings (SSSR count). The van der Waals surface area contributed by atoms with Gasteiger partial charge in [0.25, 0.3) is 5.89 Å². The second-order valence-electron chi connectivity index (χ2n) is 4.17. The van der Waals surface area contributed by atoms with Crippen molar-refractivity contribution in [2.75, 3.05) is 5.73 Å². The smallest absolute Gasteiger partial charge is 0.258 e. The van der Waals surface area contributed by atoms with Crippen LogP contribution in [-0.2, 0) is 0 Å². The van der Waals surface area contributed by atoms with Crippen molar-refractivity contribution in [2.45, 2.75) is 0 Å². The van der Waals surface area contributed by atoms with Gasteiger partial charge in [0.05, 0.1) is 10.2 Å². The van der Waals surface area contributed by atoms with Crippen LogP contribution in [0.3, 0.4) is 0 Å². The third-order valence-corrected chi connectivity index (χ3v) is 4.39. The van der Waals surface area contributed by atoms with Gasteiger partial charge in [-0.2, -0.15) is 16.3 Å². The molecule has 0 amide bonds. The predicted octanol–water partition coefficient (Wildman–Crippen LogP) is 3.66. The minimum atomic E-state index is 0.500. The highest BCUT2D eigenvalue weighted by Crippen LogP contribution is 2.29. The summed E-state index contributed by atoms with van der Waals surface area (Å²) < 4.78 is 6.34. The van der Waals surface area contributed by atoms with Gasteiger partial charge in [0.1, 0.15) is 0 Å². The van der Waals surface area contributed by atoms with Crippen LogP contribution in [0.1, 0.15) is 0 Å². The lowest BCUT2D eigenvalue weighted by Gasteiger charge is -1.93. The zero-order valence-electron chi connectivity index (χ0n) is 10.1. The first-order chi connectivity index (χ1) is 9.79. The highest BCUT2D eigenvalue weighted by atomic mass is 32.1. The molecule has 0 radical (unpaired) electrons. The summed E-state index contributed by atoms with van der Waals surface area (Å²) in [7, 11) is 0. The van der Waals surface area contributed by atoms with Crippen molar-refractivity contribution in [3.05, 3.63) is 35.0 Å². The van der Waals surface area contributed by atoms with E-state index in [4.69, 9.17) is 10.3 Å². The molecule has 98 valence electrons. The molecule has 2 N–H and O–H groups in total. The van der Waals surface area contributed by atoms with Crippen LogP contribution in [-0.4, -0.2) is 15.1 Å². The quantitative estimate of drug-likeness (QED) is 0.611. The van der Waals surface area contributed by atoms with Gasteiger partial charge in [-0.05, 0) is 29.6 Å². The Bertz CT molecular complexity index is 879. The van der Waals surface area contributed by atoms with Crippen molar-refractivity contribution in [1.82, 2.24) is 15.1 Å². The first kappa shape index (κ1) is 11.6. The summed E-state index contributed by atoms with van der Waals surface area (Å²) in [5, 5.41) is 8.53. The van der Waals surface area contributed by atoms with E-state index in [-0.39, 0.29) is 0 Å². The second kappa shape index (κ2) is 4.39. The number of nitrogens with zero attached hydrogens (tertiary/aromatic N) is 3. The van der Waals surface area contributed by atoms with Crippen LogP contribution in [0.15, 0.2) is 39.5 Å². The number of nitrogens with two attached hydrogens (primary N) is 1. The van der Waals surface area contributed by atoms with Crippen LogP contribution >= 0.6 is 22.7 Å². The van der Waals surface area contributed by atoms with Crippen molar-refractivity contribution < 1.29 is 4.52 Å². The van der Waals surface area contributed by atoms with E-state index in [1.807, 2.05) is 35.0 Å². The molecule has 0 fully saturated rings. The van der Waals surface area contributed by atoms with E-state index in [9.17, 15) is 0 Å². The van der Waals surface area contributed by atoms with E-state index >= 15 is 0 Å². The van der Waals surface area contributed by atoms with E-state index in [2.05, 4.69) is 15.1 Å². The fourth-order valence-electron chi connectivity index (χ4n) is 1.93. The molecule has 0 saturated heterocycles. The van der Waals surface area contributed by atoms with E-state index in [1.54, 1.807) is 11.3 Å². The average molecular weight is 300 g/mol. The van der Waals surface area contributed by atoms with E-state index in [0.29, 0.717) is 16.8 Å². The van der Waals surface area contributed by atoms with Gasteiger partial charge in [0, 0.05) is 16.5 Å². The molecule has 20 heavy (non-hydrogen) atoms. The maximum absolute atomic E-state index is 5.70. The Balaban J connectivity index is 1.78. The second-order valence-corrected chi connectivity index (χ2v) is 6.01. The number of hydrogen-bond donors (Lipinski definition) is 1. The van der Waals surface area contributed by atoms with Crippen molar-refractivity contribution in [1.29, 1.82) is 0 Å². The molecule has 0 atom stereocenters. The Morgan fingerprint density at radius 1 is 1.10 bits per heavy atom. The average Bonchev–Trinajstić information content (AvgIpc) is 3.17. The topological polar surface area (TPSA) is 77.8 Å². The zero-order chi connectivity index (χ0) is 13.5. The standard InChI is InChI=1S/C13H8N4OS2/c14-13-15-9-2-1-7(5-10(9)20-13)12-16-11(17-18-12)8-3-4-19-6-8/h1-6H,(H2,14,15). The molecular weight excluding hydrogens is 292 g/mol. The van der Waals surface area contributed by atoms with Gasteiger partial charge >= 0.3 is 0 Å². The van der Waals surface area contributed by atoms with Gasteiger partial charge in [-0.25, -0.2) is 4.98 Å². The van der Waals surface area contributed by atoms with Gasteiger partial charge in [0.2, 0.25) is 5.82 Å². The molecule has 1 aromatic carbocycles. The molecule has 0 aliphatic heterocycles. The lowest BCUT2D eigenvalue weighted by Crippen LogP contribution is -1.80. The minimum absolute atomic E-state index is 0.500. The van der Waals surface area contributed by atoms with Crippen LogP contribution in [0.4, 0.5) is 5.13 Å². The van der Waals surface area contributed by atoms with Crippen molar-refractivity contribution in [3.8, 4) is 22.8 Å². The Hall–Kier alpha value is -2.25. The van der Waals surface area contributed by atoms with E-state index in [1.165, 1.54) is 11.3 Å². The third-order valence-electron chi connectivity index (χ3n) is 2.86. The number of anilines is 1. The number of fused-ring (bicyclic) bond motifs is 1.